The van der Waals surface area contributed by atoms with Crippen molar-refractivity contribution >= 4 is 5.91 Å². The molecule has 3 rings (SSSR count). The quantitative estimate of drug-likeness (QED) is 0.644. The van der Waals surface area contributed by atoms with Crippen LogP contribution in [0.5, 0.6) is 0 Å². The van der Waals surface area contributed by atoms with Gasteiger partial charge in [0.2, 0.25) is 5.91 Å². The Balaban J connectivity index is 0.000000704. The predicted molar refractivity (Wildman–Crippen MR) is 63.5 cm³/mol. The summed E-state index contributed by atoms with van der Waals surface area (Å²) in [5.41, 5.74) is 0.327. The Morgan fingerprint density at radius 3 is 2.65 bits per heavy atom. The van der Waals surface area contributed by atoms with E-state index in [0.717, 1.165) is 57.6 Å². The van der Waals surface area contributed by atoms with Crippen LogP contribution >= 0.6 is 0 Å². The van der Waals surface area contributed by atoms with Gasteiger partial charge in [0.1, 0.15) is 11.6 Å². The summed E-state index contributed by atoms with van der Waals surface area (Å²) in [6, 6.07) is 3.43. The number of hydrogen-bond acceptors (Lipinski definition) is 2. The van der Waals surface area contributed by atoms with Crippen molar-refractivity contribution in [3.63, 3.8) is 0 Å². The molecule has 1 amide bonds. The van der Waals surface area contributed by atoms with Crippen LogP contribution in [0.2, 0.25) is 0 Å². The van der Waals surface area contributed by atoms with E-state index in [1.807, 2.05) is 0 Å². The molecule has 6 heteroatoms. The van der Waals surface area contributed by atoms with Gasteiger partial charge in [-0.15, -0.1) is 0 Å². The molecule has 20 heavy (non-hydrogen) atoms. The average molecular weight is 462 g/mol. The molecule has 0 spiro atoms. The number of carbonyl (C=O) groups is 1. The average Bonchev–Trinajstić information content (AvgIpc) is 2.89. The molecule has 2 aliphatic heterocycles. The Kier molecular flexibility index (Phi) is 5.14. The fraction of sp³-hybridized carbons (Fsp3) is 0.500. The summed E-state index contributed by atoms with van der Waals surface area (Å²) >= 11 is 0.889. The van der Waals surface area contributed by atoms with E-state index in [2.05, 4.69) is 0 Å². The van der Waals surface area contributed by atoms with Crippen LogP contribution in [0.15, 0.2) is 18.2 Å². The topological polar surface area (TPSA) is 37.4 Å². The molecule has 0 N–H and O–H groups in total. The maximum absolute atomic E-state index is 13.8. The first kappa shape index (κ1) is 15.4. The monoisotopic (exact) mass is 462 g/mol. The van der Waals surface area contributed by atoms with Gasteiger partial charge >= 0.3 is 23.2 Å². The van der Waals surface area contributed by atoms with E-state index in [1.54, 1.807) is 4.90 Å². The molecule has 1 aromatic rings. The summed E-state index contributed by atoms with van der Waals surface area (Å²) in [5.74, 6) is -0.780. The number of halogens is 2. The van der Waals surface area contributed by atoms with Crippen molar-refractivity contribution in [1.82, 2.24) is 4.90 Å². The van der Waals surface area contributed by atoms with Crippen LogP contribution in [-0.2, 0) is 28.0 Å². The van der Waals surface area contributed by atoms with Crippen molar-refractivity contribution < 1.29 is 36.8 Å². The molecule has 0 aromatic heterocycles. The first-order valence-electron chi connectivity index (χ1n) is 6.56. The molecule has 0 unspecified atom stereocenters. The van der Waals surface area contributed by atoms with E-state index >= 15 is 0 Å². The van der Waals surface area contributed by atoms with Gasteiger partial charge in [0, 0.05) is 18.0 Å². The standard InChI is InChI=1S/C14H15F2NO.O.Pt/c15-9-4-6-12(16)11(8-9)13-7-5-10-2-1-3-14(18)17(10)13;;/h4,6,8,10,13H,1-3,5,7H2;;/t10-,13-;;/m0../s1. The molecule has 2 fully saturated rings. The summed E-state index contributed by atoms with van der Waals surface area (Å²) in [5, 5.41) is 0. The van der Waals surface area contributed by atoms with Gasteiger partial charge in [-0.25, -0.2) is 8.78 Å². The third kappa shape index (κ3) is 2.88. The first-order valence-corrected chi connectivity index (χ1v) is 7.48. The van der Waals surface area contributed by atoms with Gasteiger partial charge in [-0.2, -0.15) is 0 Å². The molecule has 0 radical (unpaired) electrons. The minimum atomic E-state index is -0.445. The van der Waals surface area contributed by atoms with E-state index in [4.69, 9.17) is 3.40 Å². The molecule has 2 aliphatic rings. The van der Waals surface area contributed by atoms with Gasteiger partial charge in [0.25, 0.3) is 0 Å². The summed E-state index contributed by atoms with van der Waals surface area (Å²) in [7, 11) is 0. The Morgan fingerprint density at radius 2 is 1.90 bits per heavy atom. The molecule has 112 valence electrons. The number of hydrogen-bond donors (Lipinski definition) is 0. The Morgan fingerprint density at radius 1 is 1.15 bits per heavy atom. The molecule has 0 bridgehead atoms. The van der Waals surface area contributed by atoms with Gasteiger partial charge in [-0.1, -0.05) is 0 Å². The van der Waals surface area contributed by atoms with E-state index in [-0.39, 0.29) is 18.0 Å². The van der Waals surface area contributed by atoms with Crippen molar-refractivity contribution in [2.75, 3.05) is 0 Å². The second-order valence-corrected chi connectivity index (χ2v) is 5.11. The molecule has 2 atom stereocenters. The van der Waals surface area contributed by atoms with Crippen molar-refractivity contribution in [1.29, 1.82) is 0 Å². The number of piperidine rings is 1. The summed E-state index contributed by atoms with van der Waals surface area (Å²) < 4.78 is 35.3. The third-order valence-electron chi connectivity index (χ3n) is 4.04. The van der Waals surface area contributed by atoms with Crippen LogP contribution < -0.4 is 0 Å². The Labute approximate surface area is 127 Å². The first-order chi connectivity index (χ1) is 9.66. The van der Waals surface area contributed by atoms with Gasteiger partial charge in [0.15, 0.2) is 0 Å². The zero-order valence-corrected chi connectivity index (χ0v) is 13.0. The number of nitrogens with zero attached hydrogens (tertiary/aromatic N) is 1. The molecule has 0 saturated carbocycles. The van der Waals surface area contributed by atoms with Crippen LogP contribution in [0.4, 0.5) is 8.78 Å². The number of amides is 1. The van der Waals surface area contributed by atoms with E-state index in [9.17, 15) is 13.6 Å². The van der Waals surface area contributed by atoms with Gasteiger partial charge < -0.3 is 4.90 Å². The molecule has 2 heterocycles. The maximum atomic E-state index is 13.8. The van der Waals surface area contributed by atoms with Crippen LogP contribution in [0, 0.1) is 11.6 Å². The SMILES string of the molecule is O=C1CCC[C@H]2CC[C@@H](c3cc(F)ccc3F)N12.[O]=[Pt]. The van der Waals surface area contributed by atoms with Crippen molar-refractivity contribution in [2.24, 2.45) is 0 Å². The zero-order chi connectivity index (χ0) is 14.7. The van der Waals surface area contributed by atoms with E-state index in [0.29, 0.717) is 12.0 Å². The zero-order valence-electron chi connectivity index (χ0n) is 10.8. The van der Waals surface area contributed by atoms with Crippen LogP contribution in [0.1, 0.15) is 43.7 Å². The number of fused-ring (bicyclic) bond motifs is 1. The summed E-state index contributed by atoms with van der Waals surface area (Å²) in [6.45, 7) is 0. The molecular formula is C14H15F2NO2Pt. The number of carbonyl (C=O) groups excluding carboxylic acids is 1. The van der Waals surface area contributed by atoms with Crippen LogP contribution in [0.3, 0.4) is 0 Å². The van der Waals surface area contributed by atoms with E-state index < -0.39 is 11.6 Å². The normalized spacial score (nSPS) is 25.0. The molecule has 0 aliphatic carbocycles. The van der Waals surface area contributed by atoms with Gasteiger partial charge in [-0.05, 0) is 43.9 Å². The second kappa shape index (κ2) is 6.66. The predicted octanol–water partition coefficient (Wildman–Crippen LogP) is 3.06. The minimum absolute atomic E-state index is 0.0809. The van der Waals surface area contributed by atoms with Gasteiger partial charge in [0.05, 0.1) is 6.04 Å². The second-order valence-electron chi connectivity index (χ2n) is 5.11. The summed E-state index contributed by atoms with van der Waals surface area (Å²) in [6.07, 6.45) is 4.06. The van der Waals surface area contributed by atoms with E-state index in [1.165, 1.54) is 6.07 Å². The molecule has 3 nitrogen and oxygen atoms in total. The van der Waals surface area contributed by atoms with Crippen molar-refractivity contribution in [2.45, 2.75) is 44.2 Å². The van der Waals surface area contributed by atoms with Crippen molar-refractivity contribution in [3.05, 3.63) is 35.4 Å². The molecule has 2 saturated heterocycles. The molecular weight excluding hydrogens is 447 g/mol. The fourth-order valence-corrected chi connectivity index (χ4v) is 3.24. The van der Waals surface area contributed by atoms with Crippen molar-refractivity contribution in [3.8, 4) is 0 Å². The summed E-state index contributed by atoms with van der Waals surface area (Å²) in [4.78, 5) is 13.7. The number of rotatable bonds is 1. The fourth-order valence-electron chi connectivity index (χ4n) is 3.24. The Bertz CT molecular complexity index is 512. The van der Waals surface area contributed by atoms with Crippen LogP contribution in [0.25, 0.3) is 0 Å². The van der Waals surface area contributed by atoms with Gasteiger partial charge in [-0.3, -0.25) is 4.79 Å². The third-order valence-corrected chi connectivity index (χ3v) is 4.04. The number of benzene rings is 1. The molecule has 1 aromatic carbocycles. The van der Waals surface area contributed by atoms with Crippen LogP contribution in [-0.4, -0.2) is 16.8 Å². The Hall–Kier alpha value is -0.962.